The van der Waals surface area contributed by atoms with Gasteiger partial charge in [-0.15, -0.1) is 0 Å². The summed E-state index contributed by atoms with van der Waals surface area (Å²) in [7, 11) is 0. The van der Waals surface area contributed by atoms with Crippen molar-refractivity contribution in [2.75, 3.05) is 18.0 Å². The number of nitrogens with zero attached hydrogens (tertiary/aromatic N) is 2. The number of carbonyl (C=O) groups is 1. The minimum Gasteiger partial charge on any atom is -0.361 e. The highest BCUT2D eigenvalue weighted by atomic mass is 19.1. The number of hydrogen-bond acceptors (Lipinski definition) is 3. The zero-order valence-corrected chi connectivity index (χ0v) is 15.7. The van der Waals surface area contributed by atoms with E-state index in [4.69, 9.17) is 0 Å². The maximum Gasteiger partial charge on any atom is 0.251 e. The molecule has 2 aromatic heterocycles. The van der Waals surface area contributed by atoms with Crippen molar-refractivity contribution < 1.29 is 9.18 Å². The zero-order chi connectivity index (χ0) is 19.8. The molecule has 0 radical (unpaired) electrons. The molecule has 3 N–H and O–H groups in total. The zero-order valence-electron chi connectivity index (χ0n) is 15.7. The Kier molecular flexibility index (Phi) is 4.27. The topological polar surface area (TPSA) is 76.8 Å². The number of carbonyl (C=O) groups excluding carboxylic acids is 1. The number of fused-ring (bicyclic) bond motifs is 1. The monoisotopic (exact) mass is 389 g/mol. The van der Waals surface area contributed by atoms with Crippen molar-refractivity contribution >= 4 is 22.6 Å². The van der Waals surface area contributed by atoms with Crippen LogP contribution in [0.5, 0.6) is 0 Å². The first-order valence-corrected chi connectivity index (χ1v) is 9.60. The maximum atomic E-state index is 13.1. The second-order valence-corrected chi connectivity index (χ2v) is 7.33. The number of H-pyrrole nitrogens is 2. The molecule has 7 heteroatoms. The first-order valence-electron chi connectivity index (χ1n) is 9.60. The largest absolute Gasteiger partial charge is 0.361 e. The predicted molar refractivity (Wildman–Crippen MR) is 110 cm³/mol. The lowest BCUT2D eigenvalue weighted by molar-refractivity contribution is 0.0940. The molecule has 5 rings (SSSR count). The molecule has 2 aromatic carbocycles. The van der Waals surface area contributed by atoms with Crippen LogP contribution < -0.4 is 10.2 Å². The van der Waals surface area contributed by atoms with E-state index in [1.54, 1.807) is 12.1 Å². The van der Waals surface area contributed by atoms with Crippen molar-refractivity contribution in [3.05, 3.63) is 72.2 Å². The number of halogens is 1. The highest BCUT2D eigenvalue weighted by molar-refractivity contribution is 5.98. The Hall–Kier alpha value is -3.61. The number of amides is 1. The van der Waals surface area contributed by atoms with E-state index in [-0.39, 0.29) is 17.8 Å². The van der Waals surface area contributed by atoms with Gasteiger partial charge in [-0.05, 0) is 60.5 Å². The van der Waals surface area contributed by atoms with Crippen molar-refractivity contribution in [1.29, 1.82) is 0 Å². The maximum absolute atomic E-state index is 13.1. The minimum atomic E-state index is -0.262. The van der Waals surface area contributed by atoms with Gasteiger partial charge in [-0.1, -0.05) is 0 Å². The van der Waals surface area contributed by atoms with Gasteiger partial charge in [0.2, 0.25) is 0 Å². The summed E-state index contributed by atoms with van der Waals surface area (Å²) in [6.45, 7) is 1.52. The Labute approximate surface area is 166 Å². The molecule has 4 aromatic rings. The van der Waals surface area contributed by atoms with Gasteiger partial charge >= 0.3 is 0 Å². The number of hydrogen-bond donors (Lipinski definition) is 3. The number of benzene rings is 2. The van der Waals surface area contributed by atoms with E-state index in [9.17, 15) is 9.18 Å². The highest BCUT2D eigenvalue weighted by Gasteiger charge is 2.26. The Balaban J connectivity index is 1.24. The van der Waals surface area contributed by atoms with Gasteiger partial charge in [0.25, 0.3) is 5.91 Å². The molecular formula is C22H20FN5O. The van der Waals surface area contributed by atoms with Crippen LogP contribution in [0.3, 0.4) is 0 Å². The molecule has 1 fully saturated rings. The SMILES string of the molecule is O=C(N[C@H]1CCN(c2cc(-c3ccc(F)cc3)[nH]n2)C1)c1ccc2[nH]ccc2c1. The Morgan fingerprint density at radius 3 is 2.86 bits per heavy atom. The summed E-state index contributed by atoms with van der Waals surface area (Å²) >= 11 is 0. The summed E-state index contributed by atoms with van der Waals surface area (Å²) in [4.78, 5) is 17.9. The molecule has 1 atom stereocenters. The first kappa shape index (κ1) is 17.5. The molecule has 1 aliphatic rings. The molecule has 1 aliphatic heterocycles. The van der Waals surface area contributed by atoms with Crippen molar-refractivity contribution in [1.82, 2.24) is 20.5 Å². The molecule has 0 saturated carbocycles. The van der Waals surface area contributed by atoms with Crippen LogP contribution in [0.15, 0.2) is 60.8 Å². The number of rotatable bonds is 4. The number of aromatic amines is 2. The molecule has 3 heterocycles. The van der Waals surface area contributed by atoms with Gasteiger partial charge < -0.3 is 15.2 Å². The summed E-state index contributed by atoms with van der Waals surface area (Å²) in [6, 6.07) is 15.9. The van der Waals surface area contributed by atoms with Crippen molar-refractivity contribution in [3.8, 4) is 11.3 Å². The molecule has 1 amide bonds. The third-order valence-corrected chi connectivity index (χ3v) is 5.38. The van der Waals surface area contributed by atoms with Crippen molar-refractivity contribution in [2.45, 2.75) is 12.5 Å². The molecule has 1 saturated heterocycles. The smallest absolute Gasteiger partial charge is 0.251 e. The quantitative estimate of drug-likeness (QED) is 0.498. The molecule has 0 spiro atoms. The molecule has 0 unspecified atom stereocenters. The third-order valence-electron chi connectivity index (χ3n) is 5.38. The van der Waals surface area contributed by atoms with Crippen LogP contribution in [0.1, 0.15) is 16.8 Å². The van der Waals surface area contributed by atoms with Crippen LogP contribution in [0, 0.1) is 5.82 Å². The second kappa shape index (κ2) is 7.09. The average molecular weight is 389 g/mol. The van der Waals surface area contributed by atoms with Crippen LogP contribution >= 0.6 is 0 Å². The van der Waals surface area contributed by atoms with Crippen LogP contribution in [0.2, 0.25) is 0 Å². The number of nitrogens with one attached hydrogen (secondary N) is 3. The minimum absolute atomic E-state index is 0.0611. The summed E-state index contributed by atoms with van der Waals surface area (Å²) in [5.41, 5.74) is 3.40. The fraction of sp³-hybridized carbons (Fsp3) is 0.182. The molecule has 6 nitrogen and oxygen atoms in total. The summed E-state index contributed by atoms with van der Waals surface area (Å²) in [6.07, 6.45) is 2.72. The molecule has 146 valence electrons. The molecular weight excluding hydrogens is 369 g/mol. The fourth-order valence-electron chi connectivity index (χ4n) is 3.80. The lowest BCUT2D eigenvalue weighted by Gasteiger charge is -2.16. The van der Waals surface area contributed by atoms with E-state index in [0.29, 0.717) is 12.1 Å². The molecule has 29 heavy (non-hydrogen) atoms. The van der Waals surface area contributed by atoms with Crippen LogP contribution in [-0.2, 0) is 0 Å². The van der Waals surface area contributed by atoms with Gasteiger partial charge in [0.05, 0.1) is 5.69 Å². The van der Waals surface area contributed by atoms with Gasteiger partial charge in [-0.25, -0.2) is 4.39 Å². The standard InChI is InChI=1S/C22H20FN5O/c23-17-4-1-14(2-5-17)20-12-21(27-26-20)28-10-8-18(13-28)25-22(29)16-3-6-19-15(11-16)7-9-24-19/h1-7,9,11-12,18,24H,8,10,13H2,(H,25,29)(H,26,27)/t18-/m0/s1. The van der Waals surface area contributed by atoms with E-state index < -0.39 is 0 Å². The van der Waals surface area contributed by atoms with E-state index in [1.165, 1.54) is 12.1 Å². The normalized spacial score (nSPS) is 16.4. The van der Waals surface area contributed by atoms with Crippen LogP contribution in [-0.4, -0.2) is 40.2 Å². The van der Waals surface area contributed by atoms with Gasteiger partial charge in [0.1, 0.15) is 5.82 Å². The van der Waals surface area contributed by atoms with Crippen LogP contribution in [0.25, 0.3) is 22.2 Å². The number of aromatic nitrogens is 3. The Bertz CT molecular complexity index is 1160. The fourth-order valence-corrected chi connectivity index (χ4v) is 3.80. The third kappa shape index (κ3) is 3.47. The molecule has 0 aliphatic carbocycles. The van der Waals surface area contributed by atoms with Gasteiger partial charge in [-0.3, -0.25) is 9.89 Å². The average Bonchev–Trinajstić information content (AvgIpc) is 3.48. The predicted octanol–water partition coefficient (Wildman–Crippen LogP) is 3.71. The van der Waals surface area contributed by atoms with Crippen LogP contribution in [0.4, 0.5) is 10.2 Å². The Morgan fingerprint density at radius 1 is 1.14 bits per heavy atom. The number of anilines is 1. The summed E-state index contributed by atoms with van der Waals surface area (Å²) in [5, 5.41) is 11.5. The van der Waals surface area contributed by atoms with Gasteiger partial charge in [-0.2, -0.15) is 5.10 Å². The van der Waals surface area contributed by atoms with Gasteiger partial charge in [0, 0.05) is 47.9 Å². The first-order chi connectivity index (χ1) is 14.2. The van der Waals surface area contributed by atoms with Crippen molar-refractivity contribution in [2.24, 2.45) is 0 Å². The summed E-state index contributed by atoms with van der Waals surface area (Å²) < 4.78 is 13.1. The summed E-state index contributed by atoms with van der Waals surface area (Å²) in [5.74, 6) is 0.506. The van der Waals surface area contributed by atoms with Crippen molar-refractivity contribution in [3.63, 3.8) is 0 Å². The van der Waals surface area contributed by atoms with E-state index in [2.05, 4.69) is 25.4 Å². The van der Waals surface area contributed by atoms with E-state index in [1.807, 2.05) is 36.5 Å². The van der Waals surface area contributed by atoms with E-state index in [0.717, 1.165) is 40.9 Å². The second-order valence-electron chi connectivity index (χ2n) is 7.33. The molecule has 0 bridgehead atoms. The lowest BCUT2D eigenvalue weighted by Crippen LogP contribution is -2.37. The Morgan fingerprint density at radius 2 is 2.00 bits per heavy atom. The highest BCUT2D eigenvalue weighted by Crippen LogP contribution is 2.25. The van der Waals surface area contributed by atoms with E-state index >= 15 is 0 Å². The lowest BCUT2D eigenvalue weighted by atomic mass is 10.1. The van der Waals surface area contributed by atoms with Gasteiger partial charge in [0.15, 0.2) is 5.82 Å².